The van der Waals surface area contributed by atoms with Gasteiger partial charge in [0.2, 0.25) is 5.76 Å². The van der Waals surface area contributed by atoms with Crippen molar-refractivity contribution in [3.63, 3.8) is 0 Å². The molecule has 5 rings (SSSR count). The van der Waals surface area contributed by atoms with Gasteiger partial charge < -0.3 is 18.6 Å². The van der Waals surface area contributed by atoms with Crippen LogP contribution in [0.15, 0.2) is 92.4 Å². The van der Waals surface area contributed by atoms with Gasteiger partial charge in [0.05, 0.1) is 41.8 Å². The number of fused-ring (bicyclic) bond motifs is 1. The Morgan fingerprint density at radius 2 is 1.87 bits per heavy atom. The van der Waals surface area contributed by atoms with E-state index in [0.717, 1.165) is 5.56 Å². The molecule has 0 spiro atoms. The first-order valence-electron chi connectivity index (χ1n) is 12.1. The molecule has 2 aromatic heterocycles. The molecule has 1 aliphatic heterocycles. The van der Waals surface area contributed by atoms with Crippen LogP contribution in [-0.4, -0.2) is 30.2 Å². The van der Waals surface area contributed by atoms with Crippen LogP contribution in [0.2, 0.25) is 0 Å². The number of thiazole rings is 1. The van der Waals surface area contributed by atoms with Crippen LogP contribution in [0.1, 0.15) is 41.6 Å². The molecule has 39 heavy (non-hydrogen) atoms. The maximum atomic E-state index is 13.7. The summed E-state index contributed by atoms with van der Waals surface area (Å²) in [4.78, 5) is 44.0. The minimum atomic E-state index is -0.679. The van der Waals surface area contributed by atoms with Gasteiger partial charge in [-0.25, -0.2) is 14.6 Å². The lowest BCUT2D eigenvalue weighted by molar-refractivity contribution is -0.139. The van der Waals surface area contributed by atoms with E-state index in [4.69, 9.17) is 18.6 Å². The van der Waals surface area contributed by atoms with Crippen molar-refractivity contribution < 1.29 is 28.2 Å². The summed E-state index contributed by atoms with van der Waals surface area (Å²) in [6.07, 6.45) is 3.09. The minimum Gasteiger partial charge on any atom is -0.493 e. The lowest BCUT2D eigenvalue weighted by Gasteiger charge is -2.24. The molecule has 198 valence electrons. The van der Waals surface area contributed by atoms with Crippen LogP contribution < -0.4 is 24.4 Å². The number of allylic oxidation sites excluding steroid dienone is 1. The number of methoxy groups -OCH3 is 1. The number of ether oxygens (including phenoxy) is 3. The summed E-state index contributed by atoms with van der Waals surface area (Å²) in [5.41, 5.74) is 1.94. The van der Waals surface area contributed by atoms with E-state index in [1.807, 2.05) is 30.3 Å². The van der Waals surface area contributed by atoms with Crippen LogP contribution in [0.5, 0.6) is 11.5 Å². The van der Waals surface area contributed by atoms with Gasteiger partial charge in [-0.05, 0) is 55.3 Å². The third kappa shape index (κ3) is 5.06. The molecule has 10 heteroatoms. The average molecular weight is 545 g/mol. The number of esters is 2. The van der Waals surface area contributed by atoms with E-state index in [1.54, 1.807) is 44.2 Å². The summed E-state index contributed by atoms with van der Waals surface area (Å²) in [6.45, 7) is 3.68. The van der Waals surface area contributed by atoms with Crippen LogP contribution in [0.25, 0.3) is 6.08 Å². The molecule has 0 N–H and O–H groups in total. The number of carbonyl (C=O) groups excluding carboxylic acids is 2. The summed E-state index contributed by atoms with van der Waals surface area (Å²) in [5.74, 6) is -0.595. The predicted octanol–water partition coefficient (Wildman–Crippen LogP) is 3.62. The maximum Gasteiger partial charge on any atom is 0.379 e. The van der Waals surface area contributed by atoms with Crippen molar-refractivity contribution in [2.24, 2.45) is 4.99 Å². The average Bonchev–Trinajstić information content (AvgIpc) is 3.58. The Hall–Kier alpha value is -4.70. The Bertz CT molecular complexity index is 1750. The first kappa shape index (κ1) is 25.9. The second kappa shape index (κ2) is 11.0. The van der Waals surface area contributed by atoms with Gasteiger partial charge in [0.25, 0.3) is 5.56 Å². The summed E-state index contributed by atoms with van der Waals surface area (Å²) >= 11 is 1.22. The molecule has 0 fully saturated rings. The van der Waals surface area contributed by atoms with E-state index < -0.39 is 18.0 Å². The molecule has 0 unspecified atom stereocenters. The second-order valence-electron chi connectivity index (χ2n) is 8.49. The van der Waals surface area contributed by atoms with Crippen molar-refractivity contribution >= 4 is 29.4 Å². The van der Waals surface area contributed by atoms with Crippen molar-refractivity contribution in [1.82, 2.24) is 4.57 Å². The Kier molecular flexibility index (Phi) is 7.29. The van der Waals surface area contributed by atoms with Crippen LogP contribution in [0, 0.1) is 0 Å². The molecule has 1 aliphatic rings. The minimum absolute atomic E-state index is 0.0627. The molecule has 3 heterocycles. The van der Waals surface area contributed by atoms with Crippen molar-refractivity contribution in [1.29, 1.82) is 0 Å². The molecular weight excluding hydrogens is 520 g/mol. The molecule has 1 atom stereocenters. The lowest BCUT2D eigenvalue weighted by Crippen LogP contribution is -2.39. The van der Waals surface area contributed by atoms with Crippen molar-refractivity contribution in [3.05, 3.63) is 115 Å². The van der Waals surface area contributed by atoms with E-state index in [1.165, 1.54) is 35.3 Å². The summed E-state index contributed by atoms with van der Waals surface area (Å²) in [7, 11) is 1.46. The fraction of sp³-hybridized carbons (Fsp3) is 0.172. The van der Waals surface area contributed by atoms with Gasteiger partial charge in [-0.3, -0.25) is 9.36 Å². The highest BCUT2D eigenvalue weighted by Crippen LogP contribution is 2.31. The largest absolute Gasteiger partial charge is 0.493 e. The van der Waals surface area contributed by atoms with Gasteiger partial charge in [-0.1, -0.05) is 47.7 Å². The monoisotopic (exact) mass is 544 g/mol. The number of carbonyl (C=O) groups is 2. The van der Waals surface area contributed by atoms with Gasteiger partial charge in [0.15, 0.2) is 16.3 Å². The van der Waals surface area contributed by atoms with Crippen LogP contribution >= 0.6 is 11.3 Å². The molecule has 0 amide bonds. The molecule has 0 aliphatic carbocycles. The molecule has 0 saturated heterocycles. The number of furan rings is 1. The number of hydrogen-bond donors (Lipinski definition) is 0. The highest BCUT2D eigenvalue weighted by atomic mass is 32.1. The third-order valence-electron chi connectivity index (χ3n) is 6.04. The fourth-order valence-electron chi connectivity index (χ4n) is 4.30. The third-order valence-corrected chi connectivity index (χ3v) is 7.03. The molecule has 0 saturated carbocycles. The maximum absolute atomic E-state index is 13.7. The van der Waals surface area contributed by atoms with Crippen LogP contribution in [-0.2, 0) is 9.53 Å². The SMILES string of the molecule is CCOC(=O)C1=C(C)N=c2s/c(=C\c3ccc(OC(=O)c4ccco4)c(OC)c3)c(=O)n2[C@H]1c1ccccc1. The molecule has 4 aromatic rings. The zero-order chi connectivity index (χ0) is 27.5. The predicted molar refractivity (Wildman–Crippen MR) is 144 cm³/mol. The number of nitrogens with zero attached hydrogens (tertiary/aromatic N) is 2. The Morgan fingerprint density at radius 3 is 2.56 bits per heavy atom. The van der Waals surface area contributed by atoms with E-state index >= 15 is 0 Å². The molecule has 9 nitrogen and oxygen atoms in total. The molecule has 0 radical (unpaired) electrons. The number of aromatic nitrogens is 1. The Balaban J connectivity index is 1.57. The van der Waals surface area contributed by atoms with Crippen molar-refractivity contribution in [2.75, 3.05) is 13.7 Å². The summed E-state index contributed by atoms with van der Waals surface area (Å²) in [6, 6.07) is 16.7. The van der Waals surface area contributed by atoms with Gasteiger partial charge in [-0.2, -0.15) is 0 Å². The van der Waals surface area contributed by atoms with E-state index in [2.05, 4.69) is 4.99 Å². The highest BCUT2D eigenvalue weighted by molar-refractivity contribution is 7.07. The first-order valence-corrected chi connectivity index (χ1v) is 12.9. The summed E-state index contributed by atoms with van der Waals surface area (Å²) in [5, 5.41) is 0. The van der Waals surface area contributed by atoms with E-state index in [-0.39, 0.29) is 23.7 Å². The van der Waals surface area contributed by atoms with E-state index in [9.17, 15) is 14.4 Å². The number of benzene rings is 2. The van der Waals surface area contributed by atoms with Crippen LogP contribution in [0.3, 0.4) is 0 Å². The molecule has 2 aromatic carbocycles. The zero-order valence-corrected chi connectivity index (χ0v) is 22.2. The number of hydrogen-bond acceptors (Lipinski definition) is 9. The highest BCUT2D eigenvalue weighted by Gasteiger charge is 2.33. The standard InChI is InChI=1S/C29H24N2O7S/c1-4-36-28(34)24-17(2)30-29-31(25(24)19-9-6-5-7-10-19)26(32)23(39-29)16-18-12-13-20(22(15-18)35-3)38-27(33)21-11-8-14-37-21/h5-16,25H,4H2,1-3H3/b23-16-/t25-/m0/s1. The van der Waals surface area contributed by atoms with Gasteiger partial charge in [0, 0.05) is 0 Å². The van der Waals surface area contributed by atoms with Crippen molar-refractivity contribution in [3.8, 4) is 11.5 Å². The molecular formula is C29H24N2O7S. The van der Waals surface area contributed by atoms with Gasteiger partial charge in [0.1, 0.15) is 0 Å². The van der Waals surface area contributed by atoms with E-state index in [0.29, 0.717) is 31.9 Å². The van der Waals surface area contributed by atoms with Gasteiger partial charge in [-0.15, -0.1) is 0 Å². The topological polar surface area (TPSA) is 109 Å². The van der Waals surface area contributed by atoms with Crippen LogP contribution in [0.4, 0.5) is 0 Å². The Morgan fingerprint density at radius 1 is 1.08 bits per heavy atom. The Labute approximate surface area is 226 Å². The number of rotatable bonds is 7. The molecule has 0 bridgehead atoms. The lowest BCUT2D eigenvalue weighted by atomic mass is 9.96. The first-order chi connectivity index (χ1) is 18.9. The second-order valence-corrected chi connectivity index (χ2v) is 9.50. The fourth-order valence-corrected chi connectivity index (χ4v) is 5.34. The smallest absolute Gasteiger partial charge is 0.379 e. The zero-order valence-electron chi connectivity index (χ0n) is 21.4. The summed E-state index contributed by atoms with van der Waals surface area (Å²) < 4.78 is 23.2. The van der Waals surface area contributed by atoms with Gasteiger partial charge >= 0.3 is 11.9 Å². The van der Waals surface area contributed by atoms with Crippen molar-refractivity contribution in [2.45, 2.75) is 19.9 Å². The normalized spacial score (nSPS) is 14.9. The quantitative estimate of drug-likeness (QED) is 0.258.